The number of hydrogen-bond acceptors (Lipinski definition) is 4. The first-order chi connectivity index (χ1) is 6.77. The van der Waals surface area contributed by atoms with E-state index in [9.17, 15) is 14.7 Å². The van der Waals surface area contributed by atoms with Gasteiger partial charge in [0.1, 0.15) is 0 Å². The van der Waals surface area contributed by atoms with Crippen molar-refractivity contribution in [2.45, 2.75) is 26.6 Å². The van der Waals surface area contributed by atoms with Gasteiger partial charge in [0.05, 0.1) is 0 Å². The molecule has 0 unspecified atom stereocenters. The molecule has 0 heterocycles. The summed E-state index contributed by atoms with van der Waals surface area (Å²) < 4.78 is 4.81. The minimum Gasteiger partial charge on any atom is -0.353 e. The molecule has 1 N–H and O–H groups in total. The number of rotatable bonds is 6. The third-order valence-corrected chi connectivity index (χ3v) is 1.74. The number of aliphatic hydroxyl groups is 1. The molecule has 0 rings (SSSR count). The molecule has 4 nitrogen and oxygen atoms in total. The Morgan fingerprint density at radius 1 is 1.20 bits per heavy atom. The van der Waals surface area contributed by atoms with Crippen molar-refractivity contribution in [2.24, 2.45) is 0 Å². The van der Waals surface area contributed by atoms with E-state index in [1.54, 1.807) is 6.92 Å². The third-order valence-electron chi connectivity index (χ3n) is 1.74. The Morgan fingerprint density at radius 3 is 1.73 bits per heavy atom. The molecule has 15 heavy (non-hydrogen) atoms. The fraction of sp³-hybridized carbons (Fsp3) is 0.455. The van der Waals surface area contributed by atoms with E-state index in [1.165, 1.54) is 13.8 Å². The van der Waals surface area contributed by atoms with E-state index in [-0.39, 0.29) is 17.8 Å². The third kappa shape index (κ3) is 2.84. The molecular weight excluding hydrogens is 196 g/mol. The van der Waals surface area contributed by atoms with Gasteiger partial charge in [0.15, 0.2) is 0 Å². The summed E-state index contributed by atoms with van der Waals surface area (Å²) in [5.41, 5.74) is 0.112. The molecule has 0 radical (unpaired) electrons. The fourth-order valence-corrected chi connectivity index (χ4v) is 1.02. The summed E-state index contributed by atoms with van der Waals surface area (Å²) in [5.74, 6) is -4.14. The molecule has 0 amide bonds. The summed E-state index contributed by atoms with van der Waals surface area (Å²) in [6.45, 7) is 11.2. The largest absolute Gasteiger partial charge is 0.353 e. The lowest BCUT2D eigenvalue weighted by Crippen LogP contribution is -2.49. The summed E-state index contributed by atoms with van der Waals surface area (Å²) >= 11 is 0. The Morgan fingerprint density at radius 2 is 1.53 bits per heavy atom. The number of carbonyl (C=O) groups is 2. The summed E-state index contributed by atoms with van der Waals surface area (Å²) in [7, 11) is 0. The van der Waals surface area contributed by atoms with Gasteiger partial charge in [0, 0.05) is 6.61 Å². The van der Waals surface area contributed by atoms with Gasteiger partial charge in [-0.2, -0.15) is 0 Å². The molecule has 0 saturated carbocycles. The van der Waals surface area contributed by atoms with Gasteiger partial charge in [-0.1, -0.05) is 13.2 Å². The minimum atomic E-state index is -2.47. The van der Waals surface area contributed by atoms with Gasteiger partial charge < -0.3 is 9.84 Å². The van der Waals surface area contributed by atoms with Crippen LogP contribution < -0.4 is 0 Å². The van der Waals surface area contributed by atoms with Crippen molar-refractivity contribution in [1.82, 2.24) is 0 Å². The van der Waals surface area contributed by atoms with E-state index in [1.807, 2.05) is 0 Å². The van der Waals surface area contributed by atoms with E-state index in [2.05, 4.69) is 13.2 Å². The average molecular weight is 212 g/mol. The SMILES string of the molecule is C=C(C)C(=O)C(O)(OCC)C(=O)C(=C)C. The first kappa shape index (κ1) is 13.7. The first-order valence-electron chi connectivity index (χ1n) is 4.54. The fourth-order valence-electron chi connectivity index (χ4n) is 1.02. The molecular formula is C11H16O4. The van der Waals surface area contributed by atoms with Gasteiger partial charge >= 0.3 is 0 Å². The van der Waals surface area contributed by atoms with E-state index in [4.69, 9.17) is 4.74 Å². The second-order valence-electron chi connectivity index (χ2n) is 3.30. The second kappa shape index (κ2) is 5.00. The summed E-state index contributed by atoms with van der Waals surface area (Å²) in [6, 6.07) is 0. The Balaban J connectivity index is 5.23. The van der Waals surface area contributed by atoms with Crippen molar-refractivity contribution in [3.05, 3.63) is 24.3 Å². The molecule has 0 aliphatic carbocycles. The molecule has 0 saturated heterocycles. The number of ketones is 2. The van der Waals surface area contributed by atoms with E-state index in [0.29, 0.717) is 0 Å². The Bertz CT molecular complexity index is 289. The van der Waals surface area contributed by atoms with Crippen LogP contribution in [0.2, 0.25) is 0 Å². The van der Waals surface area contributed by atoms with E-state index < -0.39 is 17.4 Å². The van der Waals surface area contributed by atoms with Crippen LogP contribution in [0, 0.1) is 0 Å². The van der Waals surface area contributed by atoms with Crippen LogP contribution in [0.5, 0.6) is 0 Å². The van der Waals surface area contributed by atoms with Crippen molar-refractivity contribution in [3.63, 3.8) is 0 Å². The maximum atomic E-state index is 11.6. The average Bonchev–Trinajstić information content (AvgIpc) is 2.15. The van der Waals surface area contributed by atoms with Crippen molar-refractivity contribution in [1.29, 1.82) is 0 Å². The topological polar surface area (TPSA) is 63.6 Å². The normalized spacial score (nSPS) is 10.9. The van der Waals surface area contributed by atoms with Gasteiger partial charge in [0.2, 0.25) is 11.6 Å². The van der Waals surface area contributed by atoms with E-state index >= 15 is 0 Å². The van der Waals surface area contributed by atoms with Crippen LogP contribution in [0.3, 0.4) is 0 Å². The Labute approximate surface area is 89.2 Å². The van der Waals surface area contributed by atoms with Crippen LogP contribution in [-0.4, -0.2) is 29.1 Å². The number of Topliss-reactive ketones (excluding diaryl/α,β-unsaturated/α-hetero) is 2. The van der Waals surface area contributed by atoms with Crippen LogP contribution in [0.1, 0.15) is 20.8 Å². The minimum absolute atomic E-state index is 0.0362. The molecule has 0 bridgehead atoms. The molecule has 84 valence electrons. The molecule has 4 heteroatoms. The van der Waals surface area contributed by atoms with Crippen molar-refractivity contribution in [2.75, 3.05) is 6.61 Å². The standard InChI is InChI=1S/C11H16O4/c1-6-15-11(14,9(12)7(2)3)10(13)8(4)5/h14H,2,4,6H2,1,3,5H3. The molecule has 0 spiro atoms. The molecule has 0 aliphatic rings. The smallest absolute Gasteiger partial charge is 0.296 e. The number of ether oxygens (including phenoxy) is 1. The van der Waals surface area contributed by atoms with Crippen molar-refractivity contribution in [3.8, 4) is 0 Å². The first-order valence-corrected chi connectivity index (χ1v) is 4.54. The lowest BCUT2D eigenvalue weighted by molar-refractivity contribution is -0.199. The lowest BCUT2D eigenvalue weighted by atomic mass is 9.97. The summed E-state index contributed by atoms with van der Waals surface area (Å²) in [4.78, 5) is 23.1. The predicted molar refractivity (Wildman–Crippen MR) is 56.2 cm³/mol. The van der Waals surface area contributed by atoms with Crippen LogP contribution in [0.25, 0.3) is 0 Å². The van der Waals surface area contributed by atoms with Crippen LogP contribution in [0.4, 0.5) is 0 Å². The predicted octanol–water partition coefficient (Wildman–Crippen LogP) is 1.00. The van der Waals surface area contributed by atoms with Gasteiger partial charge in [-0.25, -0.2) is 0 Å². The molecule has 0 aromatic carbocycles. The zero-order valence-corrected chi connectivity index (χ0v) is 9.29. The highest BCUT2D eigenvalue weighted by Crippen LogP contribution is 2.18. The Hall–Kier alpha value is -1.26. The second-order valence-corrected chi connectivity index (χ2v) is 3.30. The summed E-state index contributed by atoms with van der Waals surface area (Å²) in [6.07, 6.45) is 0. The Kier molecular flexibility index (Phi) is 4.58. The molecule has 0 fully saturated rings. The molecule has 0 atom stereocenters. The zero-order valence-electron chi connectivity index (χ0n) is 9.29. The van der Waals surface area contributed by atoms with Gasteiger partial charge in [-0.05, 0) is 31.9 Å². The van der Waals surface area contributed by atoms with Gasteiger partial charge in [0.25, 0.3) is 5.79 Å². The number of carbonyl (C=O) groups excluding carboxylic acids is 2. The molecule has 0 aromatic rings. The van der Waals surface area contributed by atoms with Crippen molar-refractivity contribution >= 4 is 11.6 Å². The highest BCUT2D eigenvalue weighted by atomic mass is 16.6. The van der Waals surface area contributed by atoms with Gasteiger partial charge in [-0.15, -0.1) is 0 Å². The maximum absolute atomic E-state index is 11.6. The lowest BCUT2D eigenvalue weighted by Gasteiger charge is -2.24. The molecule has 0 aromatic heterocycles. The van der Waals surface area contributed by atoms with Crippen LogP contribution in [0.15, 0.2) is 24.3 Å². The quantitative estimate of drug-likeness (QED) is 0.405. The highest BCUT2D eigenvalue weighted by Gasteiger charge is 2.44. The maximum Gasteiger partial charge on any atom is 0.296 e. The zero-order chi connectivity index (χ0) is 12.2. The summed E-state index contributed by atoms with van der Waals surface area (Å²) in [5, 5.41) is 9.85. The van der Waals surface area contributed by atoms with Crippen LogP contribution >= 0.6 is 0 Å². The number of hydrogen-bond donors (Lipinski definition) is 1. The van der Waals surface area contributed by atoms with Crippen molar-refractivity contribution < 1.29 is 19.4 Å². The highest BCUT2D eigenvalue weighted by molar-refractivity contribution is 6.20. The van der Waals surface area contributed by atoms with E-state index in [0.717, 1.165) is 0 Å². The monoisotopic (exact) mass is 212 g/mol. The van der Waals surface area contributed by atoms with Crippen LogP contribution in [-0.2, 0) is 14.3 Å². The van der Waals surface area contributed by atoms with Gasteiger partial charge in [-0.3, -0.25) is 9.59 Å². The molecule has 0 aliphatic heterocycles.